The summed E-state index contributed by atoms with van der Waals surface area (Å²) >= 11 is 0. The van der Waals surface area contributed by atoms with Gasteiger partial charge in [0.25, 0.3) is 0 Å². The van der Waals surface area contributed by atoms with E-state index >= 15 is 0 Å². The Morgan fingerprint density at radius 3 is 2.94 bits per heavy atom. The average molecular weight is 237 g/mol. The van der Waals surface area contributed by atoms with Gasteiger partial charge in [0.1, 0.15) is 5.82 Å². The van der Waals surface area contributed by atoms with Gasteiger partial charge in [-0.25, -0.2) is 4.39 Å². The van der Waals surface area contributed by atoms with Crippen molar-refractivity contribution in [3.05, 3.63) is 29.6 Å². The van der Waals surface area contributed by atoms with Crippen molar-refractivity contribution in [1.82, 2.24) is 0 Å². The molecule has 1 fully saturated rings. The fourth-order valence-corrected chi connectivity index (χ4v) is 2.54. The molecular weight excluding hydrogens is 217 g/mol. The van der Waals surface area contributed by atoms with Gasteiger partial charge in [0, 0.05) is 18.8 Å². The lowest BCUT2D eigenvalue weighted by molar-refractivity contribution is 0.281. The third kappa shape index (κ3) is 2.97. The van der Waals surface area contributed by atoms with Crippen LogP contribution in [-0.2, 0) is 6.61 Å². The van der Waals surface area contributed by atoms with Crippen molar-refractivity contribution in [2.45, 2.75) is 32.8 Å². The van der Waals surface area contributed by atoms with E-state index in [2.05, 4.69) is 11.8 Å². The Balaban J connectivity index is 2.18. The first-order valence-electron chi connectivity index (χ1n) is 6.38. The summed E-state index contributed by atoms with van der Waals surface area (Å²) in [6.45, 7) is 4.10. The molecule has 1 unspecified atom stereocenters. The molecule has 0 amide bonds. The van der Waals surface area contributed by atoms with Crippen molar-refractivity contribution in [2.24, 2.45) is 5.92 Å². The van der Waals surface area contributed by atoms with Gasteiger partial charge in [-0.05, 0) is 42.5 Å². The molecule has 0 spiro atoms. The first kappa shape index (κ1) is 12.4. The van der Waals surface area contributed by atoms with E-state index in [0.717, 1.165) is 18.8 Å². The zero-order chi connectivity index (χ0) is 12.3. The fourth-order valence-electron chi connectivity index (χ4n) is 2.54. The minimum absolute atomic E-state index is 0.101. The standard InChI is InChI=1S/C14H20FNO/c1-2-11-4-3-5-16(9-11)14-7-12(10-17)6-13(15)8-14/h6-8,11,17H,2-5,9-10H2,1H3. The highest BCUT2D eigenvalue weighted by Crippen LogP contribution is 2.26. The van der Waals surface area contributed by atoms with E-state index in [9.17, 15) is 4.39 Å². The second-order valence-electron chi connectivity index (χ2n) is 4.84. The van der Waals surface area contributed by atoms with E-state index in [1.807, 2.05) is 6.07 Å². The van der Waals surface area contributed by atoms with Crippen molar-refractivity contribution >= 4 is 5.69 Å². The van der Waals surface area contributed by atoms with Gasteiger partial charge in [0.15, 0.2) is 0 Å². The maximum atomic E-state index is 13.4. The van der Waals surface area contributed by atoms with Crippen LogP contribution in [-0.4, -0.2) is 18.2 Å². The topological polar surface area (TPSA) is 23.5 Å². The predicted molar refractivity (Wildman–Crippen MR) is 67.6 cm³/mol. The van der Waals surface area contributed by atoms with Crippen molar-refractivity contribution < 1.29 is 9.50 Å². The van der Waals surface area contributed by atoms with Gasteiger partial charge >= 0.3 is 0 Å². The molecule has 94 valence electrons. The van der Waals surface area contributed by atoms with Gasteiger partial charge in [-0.1, -0.05) is 13.3 Å². The summed E-state index contributed by atoms with van der Waals surface area (Å²) in [4.78, 5) is 2.24. The first-order valence-corrected chi connectivity index (χ1v) is 6.38. The number of aliphatic hydroxyl groups excluding tert-OH is 1. The highest BCUT2D eigenvalue weighted by molar-refractivity contribution is 5.49. The summed E-state index contributed by atoms with van der Waals surface area (Å²) in [7, 11) is 0. The van der Waals surface area contributed by atoms with Gasteiger partial charge in [-0.15, -0.1) is 0 Å². The first-order chi connectivity index (χ1) is 8.22. The summed E-state index contributed by atoms with van der Waals surface area (Å²) < 4.78 is 13.4. The lowest BCUT2D eigenvalue weighted by Crippen LogP contribution is -2.35. The van der Waals surface area contributed by atoms with Crippen LogP contribution in [0.5, 0.6) is 0 Å². The minimum atomic E-state index is -0.259. The Hall–Kier alpha value is -1.09. The average Bonchev–Trinajstić information content (AvgIpc) is 2.38. The number of benzene rings is 1. The molecular formula is C14H20FNO. The van der Waals surface area contributed by atoms with Crippen LogP contribution >= 0.6 is 0 Å². The van der Waals surface area contributed by atoms with Crippen LogP contribution in [0.15, 0.2) is 18.2 Å². The number of hydrogen-bond donors (Lipinski definition) is 1. The molecule has 0 aliphatic carbocycles. The van der Waals surface area contributed by atoms with Crippen molar-refractivity contribution in [2.75, 3.05) is 18.0 Å². The lowest BCUT2D eigenvalue weighted by atomic mass is 9.95. The molecule has 2 rings (SSSR count). The highest BCUT2D eigenvalue weighted by Gasteiger charge is 2.19. The van der Waals surface area contributed by atoms with Crippen LogP contribution in [0.25, 0.3) is 0 Å². The quantitative estimate of drug-likeness (QED) is 0.873. The molecule has 2 nitrogen and oxygen atoms in total. The van der Waals surface area contributed by atoms with Crippen LogP contribution in [0.3, 0.4) is 0 Å². The summed E-state index contributed by atoms with van der Waals surface area (Å²) in [5, 5.41) is 9.10. The zero-order valence-electron chi connectivity index (χ0n) is 10.3. The largest absolute Gasteiger partial charge is 0.392 e. The monoisotopic (exact) mass is 237 g/mol. The molecule has 1 N–H and O–H groups in total. The maximum Gasteiger partial charge on any atom is 0.125 e. The van der Waals surface area contributed by atoms with Crippen LogP contribution < -0.4 is 4.90 Å². The molecule has 1 aromatic carbocycles. The maximum absolute atomic E-state index is 13.4. The third-order valence-electron chi connectivity index (χ3n) is 3.59. The molecule has 1 atom stereocenters. The van der Waals surface area contributed by atoms with Gasteiger partial charge < -0.3 is 10.0 Å². The Bertz CT molecular complexity index is 380. The van der Waals surface area contributed by atoms with Crippen LogP contribution in [0.1, 0.15) is 31.7 Å². The molecule has 17 heavy (non-hydrogen) atoms. The number of aliphatic hydroxyl groups is 1. The lowest BCUT2D eigenvalue weighted by Gasteiger charge is -2.34. The predicted octanol–water partition coefficient (Wildman–Crippen LogP) is 2.94. The summed E-state index contributed by atoms with van der Waals surface area (Å²) in [5.74, 6) is 0.453. The van der Waals surface area contributed by atoms with E-state index in [0.29, 0.717) is 11.5 Å². The van der Waals surface area contributed by atoms with Crippen molar-refractivity contribution in [1.29, 1.82) is 0 Å². The van der Waals surface area contributed by atoms with Gasteiger partial charge in [-0.3, -0.25) is 0 Å². The third-order valence-corrected chi connectivity index (χ3v) is 3.59. The molecule has 1 heterocycles. The summed E-state index contributed by atoms with van der Waals surface area (Å²) in [6, 6.07) is 4.85. The number of nitrogens with zero attached hydrogens (tertiary/aromatic N) is 1. The van der Waals surface area contributed by atoms with E-state index < -0.39 is 0 Å². The van der Waals surface area contributed by atoms with Gasteiger partial charge in [0.2, 0.25) is 0 Å². The molecule has 1 aliphatic heterocycles. The summed E-state index contributed by atoms with van der Waals surface area (Å²) in [6.07, 6.45) is 3.62. The molecule has 1 aromatic rings. The second-order valence-corrected chi connectivity index (χ2v) is 4.84. The van der Waals surface area contributed by atoms with Crippen LogP contribution in [0.4, 0.5) is 10.1 Å². The zero-order valence-corrected chi connectivity index (χ0v) is 10.3. The smallest absolute Gasteiger partial charge is 0.125 e. The Morgan fingerprint density at radius 2 is 2.24 bits per heavy atom. The number of hydrogen-bond acceptors (Lipinski definition) is 2. The highest BCUT2D eigenvalue weighted by atomic mass is 19.1. The Morgan fingerprint density at radius 1 is 1.41 bits per heavy atom. The minimum Gasteiger partial charge on any atom is -0.392 e. The van der Waals surface area contributed by atoms with Crippen molar-refractivity contribution in [3.63, 3.8) is 0 Å². The Kier molecular flexibility index (Phi) is 4.00. The van der Waals surface area contributed by atoms with Crippen LogP contribution in [0.2, 0.25) is 0 Å². The number of rotatable bonds is 3. The molecule has 3 heteroatoms. The fraction of sp³-hybridized carbons (Fsp3) is 0.571. The molecule has 1 saturated heterocycles. The van der Waals surface area contributed by atoms with E-state index in [1.54, 1.807) is 6.07 Å². The number of anilines is 1. The normalized spacial score (nSPS) is 20.6. The van der Waals surface area contributed by atoms with Crippen LogP contribution in [0, 0.1) is 11.7 Å². The molecule has 0 bridgehead atoms. The Labute approximate surface area is 102 Å². The molecule has 0 saturated carbocycles. The molecule has 0 radical (unpaired) electrons. The van der Waals surface area contributed by atoms with Crippen molar-refractivity contribution in [3.8, 4) is 0 Å². The molecule has 1 aliphatic rings. The van der Waals surface area contributed by atoms with E-state index in [1.165, 1.54) is 25.3 Å². The van der Waals surface area contributed by atoms with Gasteiger partial charge in [0.05, 0.1) is 6.61 Å². The SMILES string of the molecule is CCC1CCCN(c2cc(F)cc(CO)c2)C1. The number of piperidine rings is 1. The van der Waals surface area contributed by atoms with E-state index in [-0.39, 0.29) is 12.4 Å². The van der Waals surface area contributed by atoms with E-state index in [4.69, 9.17) is 5.11 Å². The molecule has 0 aromatic heterocycles. The van der Waals surface area contributed by atoms with Gasteiger partial charge in [-0.2, -0.15) is 0 Å². The second kappa shape index (κ2) is 5.50. The number of halogens is 1. The summed E-state index contributed by atoms with van der Waals surface area (Å²) in [5.41, 5.74) is 1.56.